The van der Waals surface area contributed by atoms with Gasteiger partial charge in [-0.1, -0.05) is 6.42 Å². The number of unbranched alkanes of at least 4 members (excludes halogenated alkanes) is 1. The summed E-state index contributed by atoms with van der Waals surface area (Å²) in [6.45, 7) is -0.418. The molecule has 0 bridgehead atoms. The highest BCUT2D eigenvalue weighted by Crippen LogP contribution is 2.03. The Hall–Kier alpha value is -2.42. The van der Waals surface area contributed by atoms with Crippen molar-refractivity contribution in [3.8, 4) is 0 Å². The van der Waals surface area contributed by atoms with E-state index in [9.17, 15) is 24.0 Å². The van der Waals surface area contributed by atoms with E-state index >= 15 is 0 Å². The molecule has 0 heterocycles. The Morgan fingerprint density at radius 3 is 1.90 bits per heavy atom. The van der Waals surface area contributed by atoms with Crippen molar-refractivity contribution < 1.29 is 34.2 Å². The van der Waals surface area contributed by atoms with Gasteiger partial charge in [0.15, 0.2) is 0 Å². The lowest BCUT2D eigenvalue weighted by Gasteiger charge is -2.24. The molecule has 31 heavy (non-hydrogen) atoms. The first kappa shape index (κ1) is 28.6. The van der Waals surface area contributed by atoms with Crippen molar-refractivity contribution in [2.24, 2.45) is 17.2 Å². The van der Waals surface area contributed by atoms with Crippen molar-refractivity contribution in [3.05, 3.63) is 0 Å². The van der Waals surface area contributed by atoms with Crippen LogP contribution in [0.3, 0.4) is 0 Å². The molecular weight excluding hydrogens is 432 g/mol. The number of thiol groups is 1. The van der Waals surface area contributed by atoms with Crippen LogP contribution in [0.1, 0.15) is 32.1 Å². The molecule has 4 amide bonds. The van der Waals surface area contributed by atoms with Crippen molar-refractivity contribution in [3.63, 3.8) is 0 Å². The second kappa shape index (κ2) is 15.4. The fourth-order valence-electron chi connectivity index (χ4n) is 2.40. The average Bonchev–Trinajstić information content (AvgIpc) is 2.72. The molecule has 0 aromatic rings. The summed E-state index contributed by atoms with van der Waals surface area (Å²) in [5.74, 6) is -4.68. The van der Waals surface area contributed by atoms with Gasteiger partial charge in [0.1, 0.15) is 18.1 Å². The number of primary amides is 1. The number of aliphatic hydroxyl groups is 1. The van der Waals surface area contributed by atoms with E-state index in [1.54, 1.807) is 0 Å². The molecule has 0 aromatic heterocycles. The number of nitrogens with one attached hydrogen (secondary N) is 3. The van der Waals surface area contributed by atoms with Gasteiger partial charge in [-0.2, -0.15) is 12.6 Å². The lowest BCUT2D eigenvalue weighted by atomic mass is 10.1. The van der Waals surface area contributed by atoms with Gasteiger partial charge in [-0.15, -0.1) is 0 Å². The van der Waals surface area contributed by atoms with Gasteiger partial charge in [-0.05, 0) is 25.8 Å². The third kappa shape index (κ3) is 11.5. The number of carbonyl (C=O) groups excluding carboxylic acids is 4. The van der Waals surface area contributed by atoms with Gasteiger partial charge in [0, 0.05) is 12.2 Å². The molecule has 0 aliphatic heterocycles. The van der Waals surface area contributed by atoms with Gasteiger partial charge < -0.3 is 43.4 Å². The monoisotopic (exact) mass is 464 g/mol. The Morgan fingerprint density at radius 1 is 0.871 bits per heavy atom. The van der Waals surface area contributed by atoms with Crippen LogP contribution in [-0.2, 0) is 24.0 Å². The van der Waals surface area contributed by atoms with Crippen LogP contribution in [0.5, 0.6) is 0 Å². The molecule has 0 aromatic carbocycles. The smallest absolute Gasteiger partial charge is 0.328 e. The number of nitrogens with two attached hydrogens (primary N) is 3. The highest BCUT2D eigenvalue weighted by atomic mass is 32.1. The fourth-order valence-corrected chi connectivity index (χ4v) is 2.66. The molecule has 0 rings (SSSR count). The number of carboxylic acid groups (broad SMARTS) is 1. The Balaban J connectivity index is 5.13. The summed E-state index contributed by atoms with van der Waals surface area (Å²) in [5, 5.41) is 24.8. The van der Waals surface area contributed by atoms with Crippen LogP contribution in [0.25, 0.3) is 0 Å². The van der Waals surface area contributed by atoms with E-state index in [0.717, 1.165) is 0 Å². The maximum atomic E-state index is 12.5. The molecule has 0 spiro atoms. The number of rotatable bonds is 16. The second-order valence-electron chi connectivity index (χ2n) is 6.78. The Bertz CT molecular complexity index is 636. The van der Waals surface area contributed by atoms with E-state index in [4.69, 9.17) is 27.4 Å². The first-order valence-electron chi connectivity index (χ1n) is 9.66. The predicted octanol–water partition coefficient (Wildman–Crippen LogP) is -3.83. The standard InChI is InChI=1S/C17H32N6O7S/c18-6-2-1-3-9(19)14(26)23-12(8-31)16(28)21-10(4-5-13(20)25)15(27)22-11(7-24)17(29)30/h9-12,24,31H,1-8,18-19H2,(H2,20,25)(H,21,28)(H,22,27)(H,23,26)(H,29,30). The van der Waals surface area contributed by atoms with Crippen LogP contribution >= 0.6 is 12.6 Å². The van der Waals surface area contributed by atoms with Crippen LogP contribution in [0.15, 0.2) is 0 Å². The van der Waals surface area contributed by atoms with Crippen LogP contribution in [0.2, 0.25) is 0 Å². The van der Waals surface area contributed by atoms with E-state index in [-0.39, 0.29) is 18.6 Å². The van der Waals surface area contributed by atoms with Crippen LogP contribution in [0, 0.1) is 0 Å². The largest absolute Gasteiger partial charge is 0.480 e. The number of amides is 4. The highest BCUT2D eigenvalue weighted by Gasteiger charge is 2.29. The molecule has 0 radical (unpaired) electrons. The van der Waals surface area contributed by atoms with Crippen LogP contribution in [-0.4, -0.2) is 82.9 Å². The van der Waals surface area contributed by atoms with E-state index in [1.807, 2.05) is 5.32 Å². The number of hydrogen-bond donors (Lipinski definition) is 9. The maximum absolute atomic E-state index is 12.5. The van der Waals surface area contributed by atoms with Gasteiger partial charge in [0.25, 0.3) is 0 Å². The Morgan fingerprint density at radius 2 is 1.42 bits per heavy atom. The second-order valence-corrected chi connectivity index (χ2v) is 7.15. The van der Waals surface area contributed by atoms with Crippen LogP contribution < -0.4 is 33.2 Å². The zero-order chi connectivity index (χ0) is 24.0. The zero-order valence-corrected chi connectivity index (χ0v) is 18.0. The SMILES string of the molecule is NCCCCC(N)C(=O)NC(CS)C(=O)NC(CCC(N)=O)C(=O)NC(CO)C(=O)O. The van der Waals surface area contributed by atoms with E-state index in [2.05, 4.69) is 23.3 Å². The third-order valence-electron chi connectivity index (χ3n) is 4.23. The lowest BCUT2D eigenvalue weighted by Crippen LogP contribution is -2.58. The van der Waals surface area contributed by atoms with Crippen molar-refractivity contribution in [2.45, 2.75) is 56.3 Å². The number of carbonyl (C=O) groups is 5. The molecule has 0 fully saturated rings. The quantitative estimate of drug-likeness (QED) is 0.0801. The van der Waals surface area contributed by atoms with Gasteiger partial charge >= 0.3 is 5.97 Å². The number of aliphatic hydroxyl groups excluding tert-OH is 1. The number of hydrogen-bond acceptors (Lipinski definition) is 9. The molecule has 13 nitrogen and oxygen atoms in total. The molecule has 4 unspecified atom stereocenters. The van der Waals surface area contributed by atoms with Crippen molar-refractivity contribution in [1.29, 1.82) is 0 Å². The Labute approximate surface area is 185 Å². The maximum Gasteiger partial charge on any atom is 0.328 e. The summed E-state index contributed by atoms with van der Waals surface area (Å²) >= 11 is 4.02. The summed E-state index contributed by atoms with van der Waals surface area (Å²) in [4.78, 5) is 59.2. The molecule has 0 aliphatic carbocycles. The first-order valence-corrected chi connectivity index (χ1v) is 10.3. The molecule has 11 N–H and O–H groups in total. The summed E-state index contributed by atoms with van der Waals surface area (Å²) < 4.78 is 0. The van der Waals surface area contributed by atoms with Crippen molar-refractivity contribution in [1.82, 2.24) is 16.0 Å². The zero-order valence-electron chi connectivity index (χ0n) is 17.1. The van der Waals surface area contributed by atoms with Crippen molar-refractivity contribution >= 4 is 42.2 Å². The average molecular weight is 465 g/mol. The number of carboxylic acids is 1. The van der Waals surface area contributed by atoms with Gasteiger partial charge in [0.05, 0.1) is 12.6 Å². The number of aliphatic carboxylic acids is 1. The first-order chi connectivity index (χ1) is 14.6. The molecule has 14 heteroatoms. The van der Waals surface area contributed by atoms with E-state index in [1.165, 1.54) is 0 Å². The summed E-state index contributed by atoms with van der Waals surface area (Å²) in [7, 11) is 0. The molecule has 0 saturated carbocycles. The lowest BCUT2D eigenvalue weighted by molar-refractivity contribution is -0.143. The van der Waals surface area contributed by atoms with Gasteiger partial charge in [-0.25, -0.2) is 4.79 Å². The highest BCUT2D eigenvalue weighted by molar-refractivity contribution is 7.80. The summed E-state index contributed by atoms with van der Waals surface area (Å²) in [6.07, 6.45) is 1.19. The summed E-state index contributed by atoms with van der Waals surface area (Å²) in [6, 6.07) is -4.96. The van der Waals surface area contributed by atoms with E-state index < -0.39 is 60.4 Å². The summed E-state index contributed by atoms with van der Waals surface area (Å²) in [5.41, 5.74) is 16.2. The molecule has 0 aliphatic rings. The molecule has 178 valence electrons. The minimum absolute atomic E-state index is 0.119. The van der Waals surface area contributed by atoms with Gasteiger partial charge in [0.2, 0.25) is 23.6 Å². The van der Waals surface area contributed by atoms with Crippen molar-refractivity contribution in [2.75, 3.05) is 18.9 Å². The topological polar surface area (TPSA) is 240 Å². The third-order valence-corrected chi connectivity index (χ3v) is 4.60. The van der Waals surface area contributed by atoms with E-state index in [0.29, 0.717) is 25.8 Å². The molecular formula is C17H32N6O7S. The fraction of sp³-hybridized carbons (Fsp3) is 0.706. The predicted molar refractivity (Wildman–Crippen MR) is 114 cm³/mol. The minimum atomic E-state index is -1.60. The molecule has 4 atom stereocenters. The van der Waals surface area contributed by atoms with Crippen LogP contribution in [0.4, 0.5) is 0 Å². The normalized spacial score (nSPS) is 14.6. The Kier molecular flexibility index (Phi) is 14.2. The molecule has 0 saturated heterocycles. The van der Waals surface area contributed by atoms with Gasteiger partial charge in [-0.3, -0.25) is 19.2 Å². The minimum Gasteiger partial charge on any atom is -0.480 e.